The Hall–Kier alpha value is -1.54. The number of esters is 1. The summed E-state index contributed by atoms with van der Waals surface area (Å²) in [5.41, 5.74) is 1.49. The summed E-state index contributed by atoms with van der Waals surface area (Å²) in [6.45, 7) is 3.84. The number of hydrogen-bond donors (Lipinski definition) is 1. The van der Waals surface area contributed by atoms with Gasteiger partial charge in [-0.1, -0.05) is 0 Å². The number of thioether (sulfide) groups is 1. The number of nitrogens with zero attached hydrogens (tertiary/aromatic N) is 1. The van der Waals surface area contributed by atoms with Crippen LogP contribution in [0.2, 0.25) is 0 Å². The van der Waals surface area contributed by atoms with Gasteiger partial charge < -0.3 is 15.0 Å². The van der Waals surface area contributed by atoms with Crippen LogP contribution in [0.3, 0.4) is 0 Å². The first-order valence-electron chi connectivity index (χ1n) is 8.30. The van der Waals surface area contributed by atoms with Gasteiger partial charge in [0.2, 0.25) is 12.3 Å². The van der Waals surface area contributed by atoms with E-state index >= 15 is 0 Å². The van der Waals surface area contributed by atoms with Crippen molar-refractivity contribution in [1.82, 2.24) is 4.90 Å². The van der Waals surface area contributed by atoms with E-state index < -0.39 is 16.9 Å². The summed E-state index contributed by atoms with van der Waals surface area (Å²) in [7, 11) is 1.35. The molecule has 8 heteroatoms. The fraction of sp³-hybridized carbons (Fsp3) is 0.588. The van der Waals surface area contributed by atoms with Gasteiger partial charge in [-0.05, 0) is 45.1 Å². The van der Waals surface area contributed by atoms with Crippen molar-refractivity contribution in [3.63, 3.8) is 0 Å². The van der Waals surface area contributed by atoms with Crippen LogP contribution in [-0.4, -0.2) is 47.0 Å². The average Bonchev–Trinajstić information content (AvgIpc) is 3.10. The van der Waals surface area contributed by atoms with Gasteiger partial charge in [-0.3, -0.25) is 9.59 Å². The monoisotopic (exact) mass is 382 g/mol. The summed E-state index contributed by atoms with van der Waals surface area (Å²) in [5.74, 6) is -0.132. The van der Waals surface area contributed by atoms with E-state index in [-0.39, 0.29) is 5.91 Å². The maximum absolute atomic E-state index is 12.8. The number of ether oxygens (including phenoxy) is 1. The van der Waals surface area contributed by atoms with Crippen LogP contribution in [-0.2, 0) is 27.2 Å². The first-order chi connectivity index (χ1) is 11.9. The summed E-state index contributed by atoms with van der Waals surface area (Å²) in [5, 5.41) is 3.44. The molecule has 0 aromatic carbocycles. The fourth-order valence-electron chi connectivity index (χ4n) is 3.38. The van der Waals surface area contributed by atoms with Crippen molar-refractivity contribution in [1.29, 1.82) is 0 Å². The SMILES string of the molecule is COC(=O)c1c(NC(=O)C2CSC(C)(C)N2C=O)sc2c1CCCC2. The quantitative estimate of drug-likeness (QED) is 0.640. The molecule has 136 valence electrons. The smallest absolute Gasteiger partial charge is 0.341 e. The molecule has 1 aliphatic carbocycles. The van der Waals surface area contributed by atoms with Gasteiger partial charge in [0.05, 0.1) is 17.5 Å². The Morgan fingerprint density at radius 2 is 2.04 bits per heavy atom. The molecule has 1 saturated heterocycles. The second kappa shape index (κ2) is 6.99. The van der Waals surface area contributed by atoms with Crippen LogP contribution in [0.15, 0.2) is 0 Å². The molecule has 1 aromatic heterocycles. The predicted molar refractivity (Wildman–Crippen MR) is 99.2 cm³/mol. The highest BCUT2D eigenvalue weighted by molar-refractivity contribution is 8.00. The minimum Gasteiger partial charge on any atom is -0.465 e. The van der Waals surface area contributed by atoms with Crippen molar-refractivity contribution < 1.29 is 19.1 Å². The molecule has 1 unspecified atom stereocenters. The molecule has 2 heterocycles. The molecular formula is C17H22N2O4S2. The molecule has 2 amide bonds. The Morgan fingerprint density at radius 1 is 1.32 bits per heavy atom. The highest BCUT2D eigenvalue weighted by atomic mass is 32.2. The lowest BCUT2D eigenvalue weighted by atomic mass is 9.95. The summed E-state index contributed by atoms with van der Waals surface area (Å²) in [6, 6.07) is -0.540. The third kappa shape index (κ3) is 3.29. The second-order valence-corrected chi connectivity index (χ2v) is 9.41. The van der Waals surface area contributed by atoms with Crippen molar-refractivity contribution in [2.75, 3.05) is 18.2 Å². The molecule has 0 spiro atoms. The molecule has 1 N–H and O–H groups in total. The first kappa shape index (κ1) is 18.3. The van der Waals surface area contributed by atoms with Gasteiger partial charge in [-0.25, -0.2) is 4.79 Å². The van der Waals surface area contributed by atoms with Crippen LogP contribution in [0.25, 0.3) is 0 Å². The van der Waals surface area contributed by atoms with Gasteiger partial charge in [-0.15, -0.1) is 23.1 Å². The average molecular weight is 383 g/mol. The predicted octanol–water partition coefficient (Wildman–Crippen LogP) is 2.66. The van der Waals surface area contributed by atoms with Crippen molar-refractivity contribution in [3.05, 3.63) is 16.0 Å². The number of thiophene rings is 1. The molecule has 1 fully saturated rings. The Labute approximate surface area is 155 Å². The maximum Gasteiger partial charge on any atom is 0.341 e. The largest absolute Gasteiger partial charge is 0.465 e. The highest BCUT2D eigenvalue weighted by Crippen LogP contribution is 2.41. The summed E-state index contributed by atoms with van der Waals surface area (Å²) in [4.78, 5) is 38.7. The number of amides is 2. The number of fused-ring (bicyclic) bond motifs is 1. The van der Waals surface area contributed by atoms with Gasteiger partial charge in [0.1, 0.15) is 11.0 Å². The van der Waals surface area contributed by atoms with E-state index in [2.05, 4.69) is 5.32 Å². The third-order valence-corrected chi connectivity index (χ3v) is 7.37. The number of hydrogen-bond acceptors (Lipinski definition) is 6. The molecule has 2 aliphatic rings. The molecule has 3 rings (SSSR count). The van der Waals surface area contributed by atoms with E-state index in [0.29, 0.717) is 16.3 Å². The zero-order valence-electron chi connectivity index (χ0n) is 14.6. The lowest BCUT2D eigenvalue weighted by molar-refractivity contribution is -0.130. The van der Waals surface area contributed by atoms with E-state index in [0.717, 1.165) is 42.5 Å². The molecule has 0 radical (unpaired) electrons. The minimum atomic E-state index is -0.540. The maximum atomic E-state index is 12.8. The van der Waals surface area contributed by atoms with Crippen LogP contribution >= 0.6 is 23.1 Å². The van der Waals surface area contributed by atoms with Gasteiger partial charge >= 0.3 is 5.97 Å². The van der Waals surface area contributed by atoms with Crippen LogP contribution in [0.1, 0.15) is 47.5 Å². The zero-order valence-corrected chi connectivity index (χ0v) is 16.2. The molecule has 1 atom stereocenters. The normalized spacial score (nSPS) is 21.6. The molecule has 0 saturated carbocycles. The molecular weight excluding hydrogens is 360 g/mol. The number of aryl methyl sites for hydroxylation is 1. The Morgan fingerprint density at radius 3 is 2.72 bits per heavy atom. The second-order valence-electron chi connectivity index (χ2n) is 6.68. The van der Waals surface area contributed by atoms with Gasteiger partial charge in [0.25, 0.3) is 0 Å². The standard InChI is InChI=1S/C17H22N2O4S2/c1-17(2)19(9-20)11(8-24-17)14(21)18-15-13(16(22)23-3)10-6-4-5-7-12(10)25-15/h9,11H,4-8H2,1-3H3,(H,18,21). The van der Waals surface area contributed by atoms with Gasteiger partial charge in [0, 0.05) is 10.6 Å². The third-order valence-electron chi connectivity index (χ3n) is 4.77. The molecule has 1 aliphatic heterocycles. The number of rotatable bonds is 4. The summed E-state index contributed by atoms with van der Waals surface area (Å²) in [6.07, 6.45) is 4.61. The van der Waals surface area contributed by atoms with E-state index in [1.807, 2.05) is 13.8 Å². The fourth-order valence-corrected chi connectivity index (χ4v) is 5.86. The topological polar surface area (TPSA) is 75.7 Å². The summed E-state index contributed by atoms with van der Waals surface area (Å²) < 4.78 is 4.93. The number of nitrogens with one attached hydrogen (secondary N) is 1. The van der Waals surface area contributed by atoms with Crippen molar-refractivity contribution in [2.45, 2.75) is 50.4 Å². The number of carbonyl (C=O) groups is 3. The van der Waals surface area contributed by atoms with E-state index in [9.17, 15) is 14.4 Å². The molecule has 6 nitrogen and oxygen atoms in total. The van der Waals surface area contributed by atoms with Gasteiger partial charge in [-0.2, -0.15) is 0 Å². The molecule has 25 heavy (non-hydrogen) atoms. The highest BCUT2D eigenvalue weighted by Gasteiger charge is 2.43. The Balaban J connectivity index is 1.88. The lowest BCUT2D eigenvalue weighted by Gasteiger charge is -2.30. The van der Waals surface area contributed by atoms with Crippen molar-refractivity contribution in [3.8, 4) is 0 Å². The van der Waals surface area contributed by atoms with Crippen LogP contribution in [0.4, 0.5) is 5.00 Å². The molecule has 0 bridgehead atoms. The summed E-state index contributed by atoms with van der Waals surface area (Å²) >= 11 is 3.02. The van der Waals surface area contributed by atoms with E-state index in [1.165, 1.54) is 18.4 Å². The number of methoxy groups -OCH3 is 1. The minimum absolute atomic E-state index is 0.256. The first-order valence-corrected chi connectivity index (χ1v) is 10.1. The van der Waals surface area contributed by atoms with Gasteiger partial charge in [0.15, 0.2) is 0 Å². The number of anilines is 1. The van der Waals surface area contributed by atoms with Crippen molar-refractivity contribution >= 4 is 46.4 Å². The van der Waals surface area contributed by atoms with E-state index in [1.54, 1.807) is 16.7 Å². The molecule has 1 aromatic rings. The Kier molecular flexibility index (Phi) is 5.11. The zero-order chi connectivity index (χ0) is 18.2. The lowest BCUT2D eigenvalue weighted by Crippen LogP contribution is -2.47. The van der Waals surface area contributed by atoms with Crippen molar-refractivity contribution in [2.24, 2.45) is 0 Å². The van der Waals surface area contributed by atoms with Crippen LogP contribution in [0.5, 0.6) is 0 Å². The number of carbonyl (C=O) groups excluding carboxylic acids is 3. The Bertz CT molecular complexity index is 714. The van der Waals surface area contributed by atoms with E-state index in [4.69, 9.17) is 4.74 Å². The van der Waals surface area contributed by atoms with Crippen LogP contribution in [0, 0.1) is 0 Å². The van der Waals surface area contributed by atoms with Crippen LogP contribution < -0.4 is 5.32 Å².